The first-order chi connectivity index (χ1) is 15.7. The van der Waals surface area contributed by atoms with Crippen molar-refractivity contribution in [2.24, 2.45) is 11.8 Å². The molecule has 32 heavy (non-hydrogen) atoms. The third kappa shape index (κ3) is 21.3. The van der Waals surface area contributed by atoms with Crippen molar-refractivity contribution in [1.82, 2.24) is 0 Å². The molecule has 2 unspecified atom stereocenters. The van der Waals surface area contributed by atoms with Crippen molar-refractivity contribution in [3.63, 3.8) is 0 Å². The van der Waals surface area contributed by atoms with Gasteiger partial charge in [0.2, 0.25) is 0 Å². The summed E-state index contributed by atoms with van der Waals surface area (Å²) in [5.74, 6) is 0.678. The van der Waals surface area contributed by atoms with Gasteiger partial charge in [-0.3, -0.25) is 4.79 Å². The lowest BCUT2D eigenvalue weighted by molar-refractivity contribution is -0.149. The molecule has 0 bridgehead atoms. The van der Waals surface area contributed by atoms with Crippen LogP contribution in [0.5, 0.6) is 0 Å². The van der Waals surface area contributed by atoms with Crippen molar-refractivity contribution in [2.75, 3.05) is 6.61 Å². The molecule has 0 radical (unpaired) electrons. The molecule has 0 aliphatic rings. The Morgan fingerprint density at radius 1 is 0.531 bits per heavy atom. The van der Waals surface area contributed by atoms with Crippen LogP contribution < -0.4 is 0 Å². The van der Waals surface area contributed by atoms with Crippen molar-refractivity contribution in [3.05, 3.63) is 0 Å². The third-order valence-electron chi connectivity index (χ3n) is 7.04. The van der Waals surface area contributed by atoms with E-state index in [1.807, 2.05) is 0 Å². The van der Waals surface area contributed by atoms with Gasteiger partial charge in [0.05, 0.1) is 12.5 Å². The Kier molecular flexibility index (Phi) is 24.7. The second kappa shape index (κ2) is 25.1. The van der Waals surface area contributed by atoms with Crippen LogP contribution in [0.15, 0.2) is 0 Å². The van der Waals surface area contributed by atoms with Gasteiger partial charge in [0.25, 0.3) is 0 Å². The molecule has 0 spiro atoms. The maximum Gasteiger partial charge on any atom is 0.308 e. The molecule has 2 heteroatoms. The molecule has 0 aromatic rings. The number of unbranched alkanes of at least 4 members (excludes halogenated alkanes) is 16. The zero-order valence-corrected chi connectivity index (χ0v) is 22.7. The minimum atomic E-state index is 0.0422. The van der Waals surface area contributed by atoms with Crippen LogP contribution in [0.1, 0.15) is 169 Å². The molecule has 0 saturated heterocycles. The van der Waals surface area contributed by atoms with Crippen LogP contribution in [0.25, 0.3) is 0 Å². The quantitative estimate of drug-likeness (QED) is 0.102. The Morgan fingerprint density at radius 2 is 0.875 bits per heavy atom. The average molecular weight is 453 g/mol. The molecule has 0 aliphatic heterocycles. The zero-order valence-electron chi connectivity index (χ0n) is 22.7. The van der Waals surface area contributed by atoms with Crippen LogP contribution in [-0.2, 0) is 9.53 Å². The van der Waals surface area contributed by atoms with E-state index in [4.69, 9.17) is 4.74 Å². The number of carbonyl (C=O) groups is 1. The van der Waals surface area contributed by atoms with Crippen molar-refractivity contribution in [3.8, 4) is 0 Å². The van der Waals surface area contributed by atoms with Crippen molar-refractivity contribution in [1.29, 1.82) is 0 Å². The molecule has 0 saturated carbocycles. The Hall–Kier alpha value is -0.530. The van der Waals surface area contributed by atoms with Crippen LogP contribution in [0.3, 0.4) is 0 Å². The van der Waals surface area contributed by atoms with E-state index in [1.165, 1.54) is 128 Å². The predicted octanol–water partition coefficient (Wildman–Crippen LogP) is 10.4. The van der Waals surface area contributed by atoms with Gasteiger partial charge in [-0.25, -0.2) is 0 Å². The summed E-state index contributed by atoms with van der Waals surface area (Å²) >= 11 is 0. The van der Waals surface area contributed by atoms with Crippen LogP contribution in [0.4, 0.5) is 0 Å². The van der Waals surface area contributed by atoms with Crippen LogP contribution in [-0.4, -0.2) is 12.6 Å². The van der Waals surface area contributed by atoms with Crippen molar-refractivity contribution >= 4 is 5.97 Å². The lowest BCUT2D eigenvalue weighted by Crippen LogP contribution is -2.20. The van der Waals surface area contributed by atoms with E-state index in [-0.39, 0.29) is 11.9 Å². The molecule has 0 aliphatic carbocycles. The van der Waals surface area contributed by atoms with Gasteiger partial charge in [-0.1, -0.05) is 150 Å². The fourth-order valence-electron chi connectivity index (χ4n) is 4.61. The summed E-state index contributed by atoms with van der Waals surface area (Å²) in [6.07, 6.45) is 28.9. The first-order valence-corrected chi connectivity index (χ1v) is 14.8. The lowest BCUT2D eigenvalue weighted by Gasteiger charge is -2.19. The maximum atomic E-state index is 12.4. The van der Waals surface area contributed by atoms with E-state index in [2.05, 4.69) is 27.7 Å². The van der Waals surface area contributed by atoms with Crippen molar-refractivity contribution < 1.29 is 9.53 Å². The van der Waals surface area contributed by atoms with Crippen LogP contribution in [0, 0.1) is 11.8 Å². The fraction of sp³-hybridized carbons (Fsp3) is 0.967. The van der Waals surface area contributed by atoms with Gasteiger partial charge in [-0.05, 0) is 25.2 Å². The SMILES string of the molecule is CCCCCCCCCCCCC(CCCCCCC)COC(=O)C(C)CCCCCC. The zero-order chi connectivity index (χ0) is 23.7. The third-order valence-corrected chi connectivity index (χ3v) is 7.04. The monoisotopic (exact) mass is 452 g/mol. The molecular formula is C30H60O2. The molecule has 0 rings (SSSR count). The molecule has 0 aromatic heterocycles. The summed E-state index contributed by atoms with van der Waals surface area (Å²) < 4.78 is 5.80. The van der Waals surface area contributed by atoms with E-state index < -0.39 is 0 Å². The second-order valence-corrected chi connectivity index (χ2v) is 10.4. The van der Waals surface area contributed by atoms with E-state index >= 15 is 0 Å². The summed E-state index contributed by atoms with van der Waals surface area (Å²) in [7, 11) is 0. The summed E-state index contributed by atoms with van der Waals surface area (Å²) in [6, 6.07) is 0. The number of esters is 1. The Balaban J connectivity index is 4.06. The fourth-order valence-corrected chi connectivity index (χ4v) is 4.61. The largest absolute Gasteiger partial charge is 0.465 e. The number of hydrogen-bond acceptors (Lipinski definition) is 2. The van der Waals surface area contributed by atoms with E-state index in [9.17, 15) is 4.79 Å². The van der Waals surface area contributed by atoms with Crippen molar-refractivity contribution in [2.45, 2.75) is 169 Å². The number of carbonyl (C=O) groups excluding carboxylic acids is 1. The second-order valence-electron chi connectivity index (χ2n) is 10.4. The van der Waals surface area contributed by atoms with Crippen LogP contribution >= 0.6 is 0 Å². The number of ether oxygens (including phenoxy) is 1. The van der Waals surface area contributed by atoms with Gasteiger partial charge in [0, 0.05) is 0 Å². The van der Waals surface area contributed by atoms with Crippen LogP contribution in [0.2, 0.25) is 0 Å². The highest BCUT2D eigenvalue weighted by atomic mass is 16.5. The number of hydrogen-bond donors (Lipinski definition) is 0. The Morgan fingerprint density at radius 3 is 1.31 bits per heavy atom. The summed E-state index contributed by atoms with van der Waals surface area (Å²) in [5, 5.41) is 0. The van der Waals surface area contributed by atoms with Gasteiger partial charge < -0.3 is 4.74 Å². The van der Waals surface area contributed by atoms with Gasteiger partial charge in [0.1, 0.15) is 0 Å². The summed E-state index contributed by atoms with van der Waals surface area (Å²) in [4.78, 5) is 12.4. The molecule has 2 atom stereocenters. The van der Waals surface area contributed by atoms with Gasteiger partial charge >= 0.3 is 5.97 Å². The number of rotatable bonds is 25. The summed E-state index contributed by atoms with van der Waals surface area (Å²) in [5.41, 5.74) is 0. The molecule has 0 amide bonds. The smallest absolute Gasteiger partial charge is 0.308 e. The molecule has 0 aromatic carbocycles. The molecule has 0 heterocycles. The average Bonchev–Trinajstić information content (AvgIpc) is 2.80. The molecule has 0 N–H and O–H groups in total. The minimum absolute atomic E-state index is 0.0422. The molecule has 2 nitrogen and oxygen atoms in total. The molecule has 0 fully saturated rings. The highest BCUT2D eigenvalue weighted by molar-refractivity contribution is 5.71. The van der Waals surface area contributed by atoms with Gasteiger partial charge in [-0.2, -0.15) is 0 Å². The first kappa shape index (κ1) is 31.5. The highest BCUT2D eigenvalue weighted by Gasteiger charge is 2.17. The topological polar surface area (TPSA) is 26.3 Å². The standard InChI is InChI=1S/C30H60O2/c1-5-8-11-14-15-16-17-18-20-23-26-29(25-22-19-12-9-6-2)27-32-30(31)28(4)24-21-13-10-7-3/h28-29H,5-27H2,1-4H3. The molecule has 192 valence electrons. The minimum Gasteiger partial charge on any atom is -0.465 e. The normalized spacial score (nSPS) is 13.2. The van der Waals surface area contributed by atoms with E-state index in [0.29, 0.717) is 12.5 Å². The predicted molar refractivity (Wildman–Crippen MR) is 142 cm³/mol. The van der Waals surface area contributed by atoms with Gasteiger partial charge in [0.15, 0.2) is 0 Å². The summed E-state index contributed by atoms with van der Waals surface area (Å²) in [6.45, 7) is 9.50. The Labute approximate surface area is 203 Å². The first-order valence-electron chi connectivity index (χ1n) is 14.8. The maximum absolute atomic E-state index is 12.4. The lowest BCUT2D eigenvalue weighted by atomic mass is 9.94. The highest BCUT2D eigenvalue weighted by Crippen LogP contribution is 2.21. The van der Waals surface area contributed by atoms with E-state index in [0.717, 1.165) is 12.8 Å². The van der Waals surface area contributed by atoms with Gasteiger partial charge in [-0.15, -0.1) is 0 Å². The molecular weight excluding hydrogens is 392 g/mol. The van der Waals surface area contributed by atoms with E-state index in [1.54, 1.807) is 0 Å². The Bertz CT molecular complexity index is 379.